The fourth-order valence-electron chi connectivity index (χ4n) is 4.56. The van der Waals surface area contributed by atoms with Crippen LogP contribution in [0, 0.1) is 5.82 Å². The molecule has 0 saturated heterocycles. The molecule has 1 heterocycles. The normalized spacial score (nSPS) is 22.8. The van der Waals surface area contributed by atoms with Gasteiger partial charge in [0.15, 0.2) is 5.82 Å². The Morgan fingerprint density at radius 1 is 1.11 bits per heavy atom. The van der Waals surface area contributed by atoms with E-state index in [4.69, 9.17) is 4.52 Å². The number of halogens is 1. The molecule has 0 bridgehead atoms. The molecular formula is C23H24FN3O. The van der Waals surface area contributed by atoms with E-state index in [1.165, 1.54) is 24.5 Å². The van der Waals surface area contributed by atoms with Gasteiger partial charge in [-0.05, 0) is 44.0 Å². The number of likely N-dealkylation sites (N-methyl/N-ethyl adjacent to an activating group) is 1. The zero-order chi connectivity index (χ0) is 19.1. The Morgan fingerprint density at radius 3 is 2.57 bits per heavy atom. The lowest BCUT2D eigenvalue weighted by Crippen LogP contribution is -2.46. The Balaban J connectivity index is 1.33. The molecule has 4 nitrogen and oxygen atoms in total. The molecule has 2 saturated carbocycles. The summed E-state index contributed by atoms with van der Waals surface area (Å²) in [5.41, 5.74) is 1.71. The fraction of sp³-hybridized carbons (Fsp3) is 0.391. The van der Waals surface area contributed by atoms with Crippen molar-refractivity contribution < 1.29 is 8.91 Å². The summed E-state index contributed by atoms with van der Waals surface area (Å²) in [7, 11) is 2.20. The van der Waals surface area contributed by atoms with Crippen LogP contribution in [0.15, 0.2) is 59.1 Å². The standard InChI is InChI=1S/C23H24FN3O/c1-27(20-14-18(20)16-8-3-2-4-9-16)15-23(12-7-13-23)22-25-21(28-26-22)17-10-5-6-11-19(17)24/h2-6,8-11,18,20H,7,12-15H2,1H3/t18?,20-/m0/s1. The van der Waals surface area contributed by atoms with Crippen molar-refractivity contribution in [3.63, 3.8) is 0 Å². The van der Waals surface area contributed by atoms with Crippen LogP contribution in [-0.2, 0) is 5.41 Å². The molecular weight excluding hydrogens is 353 g/mol. The van der Waals surface area contributed by atoms with Gasteiger partial charge in [0.05, 0.1) is 5.56 Å². The molecule has 0 aliphatic heterocycles. The number of nitrogens with zero attached hydrogens (tertiary/aromatic N) is 3. The van der Waals surface area contributed by atoms with Gasteiger partial charge in [0.2, 0.25) is 0 Å². The smallest absolute Gasteiger partial charge is 0.260 e. The first-order chi connectivity index (χ1) is 13.7. The lowest BCUT2D eigenvalue weighted by atomic mass is 9.67. The topological polar surface area (TPSA) is 42.2 Å². The number of hydrogen-bond donors (Lipinski definition) is 0. The van der Waals surface area contributed by atoms with Crippen LogP contribution in [0.4, 0.5) is 4.39 Å². The Labute approximate surface area is 164 Å². The van der Waals surface area contributed by atoms with Crippen molar-refractivity contribution >= 4 is 0 Å². The van der Waals surface area contributed by atoms with Gasteiger partial charge < -0.3 is 9.42 Å². The van der Waals surface area contributed by atoms with Crippen LogP contribution in [0.2, 0.25) is 0 Å². The molecule has 1 unspecified atom stereocenters. The van der Waals surface area contributed by atoms with Crippen molar-refractivity contribution in [2.24, 2.45) is 0 Å². The first-order valence-corrected chi connectivity index (χ1v) is 10.0. The van der Waals surface area contributed by atoms with Gasteiger partial charge in [0, 0.05) is 23.9 Å². The zero-order valence-electron chi connectivity index (χ0n) is 16.0. The van der Waals surface area contributed by atoms with Gasteiger partial charge in [-0.2, -0.15) is 4.98 Å². The van der Waals surface area contributed by atoms with Crippen molar-refractivity contribution in [2.45, 2.75) is 43.1 Å². The Kier molecular flexibility index (Phi) is 4.27. The molecule has 2 aromatic carbocycles. The lowest BCUT2D eigenvalue weighted by molar-refractivity contribution is 0.141. The predicted octanol–water partition coefficient (Wildman–Crippen LogP) is 4.79. The van der Waals surface area contributed by atoms with Crippen molar-refractivity contribution in [3.8, 4) is 11.5 Å². The average molecular weight is 377 g/mol. The van der Waals surface area contributed by atoms with Crippen LogP contribution in [-0.4, -0.2) is 34.7 Å². The summed E-state index contributed by atoms with van der Waals surface area (Å²) in [6.45, 7) is 0.914. The van der Waals surface area contributed by atoms with Crippen LogP contribution in [0.3, 0.4) is 0 Å². The Hall–Kier alpha value is -2.53. The molecule has 144 valence electrons. The minimum atomic E-state index is -0.332. The maximum Gasteiger partial charge on any atom is 0.260 e. The summed E-state index contributed by atoms with van der Waals surface area (Å²) in [4.78, 5) is 7.06. The largest absolute Gasteiger partial charge is 0.334 e. The Morgan fingerprint density at radius 2 is 1.86 bits per heavy atom. The highest BCUT2D eigenvalue weighted by molar-refractivity contribution is 5.53. The summed E-state index contributed by atoms with van der Waals surface area (Å²) in [6.07, 6.45) is 4.47. The predicted molar refractivity (Wildman–Crippen MR) is 105 cm³/mol. The van der Waals surface area contributed by atoms with Gasteiger partial charge in [-0.25, -0.2) is 4.39 Å². The lowest BCUT2D eigenvalue weighted by Gasteiger charge is -2.42. The second kappa shape index (κ2) is 6.82. The second-order valence-electron chi connectivity index (χ2n) is 8.27. The SMILES string of the molecule is CN(CC1(c2noc(-c3ccccc3F)n2)CCC1)[C@H]1CC1c1ccccc1. The molecule has 3 aromatic rings. The van der Waals surface area contributed by atoms with Gasteiger partial charge in [0.1, 0.15) is 5.82 Å². The molecule has 28 heavy (non-hydrogen) atoms. The third-order valence-corrected chi connectivity index (χ3v) is 6.42. The van der Waals surface area contributed by atoms with Gasteiger partial charge in [-0.15, -0.1) is 0 Å². The van der Waals surface area contributed by atoms with Crippen molar-refractivity contribution in [3.05, 3.63) is 71.8 Å². The molecule has 2 aliphatic carbocycles. The van der Waals surface area contributed by atoms with E-state index in [1.807, 2.05) is 0 Å². The van der Waals surface area contributed by atoms with E-state index in [0.717, 1.165) is 25.2 Å². The van der Waals surface area contributed by atoms with E-state index in [9.17, 15) is 4.39 Å². The molecule has 0 amide bonds. The van der Waals surface area contributed by atoms with Crippen LogP contribution in [0.5, 0.6) is 0 Å². The highest BCUT2D eigenvalue weighted by atomic mass is 19.1. The quantitative estimate of drug-likeness (QED) is 0.620. The molecule has 1 aromatic heterocycles. The van der Waals surface area contributed by atoms with Crippen LogP contribution in [0.1, 0.15) is 43.0 Å². The maximum atomic E-state index is 14.1. The third-order valence-electron chi connectivity index (χ3n) is 6.42. The molecule has 5 rings (SSSR count). The number of benzene rings is 2. The van der Waals surface area contributed by atoms with Crippen molar-refractivity contribution in [1.82, 2.24) is 15.0 Å². The maximum absolute atomic E-state index is 14.1. The summed E-state index contributed by atoms with van der Waals surface area (Å²) in [5, 5.41) is 4.26. The average Bonchev–Trinajstić information content (AvgIpc) is 3.35. The first kappa shape index (κ1) is 17.6. The molecule has 5 heteroatoms. The summed E-state index contributed by atoms with van der Waals surface area (Å²) < 4.78 is 19.5. The number of rotatable bonds is 6. The van der Waals surface area contributed by atoms with E-state index in [2.05, 4.69) is 52.4 Å². The van der Waals surface area contributed by atoms with E-state index >= 15 is 0 Å². The van der Waals surface area contributed by atoms with Crippen LogP contribution >= 0.6 is 0 Å². The van der Waals surface area contributed by atoms with Crippen LogP contribution < -0.4 is 0 Å². The van der Waals surface area contributed by atoms with Gasteiger partial charge in [-0.3, -0.25) is 0 Å². The molecule has 0 radical (unpaired) electrons. The van der Waals surface area contributed by atoms with Gasteiger partial charge in [-0.1, -0.05) is 54.0 Å². The van der Waals surface area contributed by atoms with Gasteiger partial charge in [0.25, 0.3) is 5.89 Å². The van der Waals surface area contributed by atoms with E-state index in [-0.39, 0.29) is 17.1 Å². The van der Waals surface area contributed by atoms with Crippen LogP contribution in [0.25, 0.3) is 11.5 Å². The monoisotopic (exact) mass is 377 g/mol. The van der Waals surface area contributed by atoms with E-state index < -0.39 is 0 Å². The second-order valence-corrected chi connectivity index (χ2v) is 8.27. The highest BCUT2D eigenvalue weighted by Gasteiger charge is 2.48. The summed E-state index contributed by atoms with van der Waals surface area (Å²) >= 11 is 0. The molecule has 2 aliphatic rings. The molecule has 0 spiro atoms. The molecule has 0 N–H and O–H groups in total. The zero-order valence-corrected chi connectivity index (χ0v) is 16.0. The number of aromatic nitrogens is 2. The first-order valence-electron chi connectivity index (χ1n) is 10.0. The minimum absolute atomic E-state index is 0.0778. The molecule has 2 atom stereocenters. The summed E-state index contributed by atoms with van der Waals surface area (Å²) in [5.74, 6) is 1.28. The highest BCUT2D eigenvalue weighted by Crippen LogP contribution is 2.48. The van der Waals surface area contributed by atoms with E-state index in [0.29, 0.717) is 17.5 Å². The Bertz CT molecular complexity index is 967. The van der Waals surface area contributed by atoms with Gasteiger partial charge >= 0.3 is 0 Å². The van der Waals surface area contributed by atoms with Crippen molar-refractivity contribution in [2.75, 3.05) is 13.6 Å². The third kappa shape index (κ3) is 3.04. The van der Waals surface area contributed by atoms with E-state index in [1.54, 1.807) is 18.2 Å². The minimum Gasteiger partial charge on any atom is -0.334 e. The molecule has 2 fully saturated rings. The fourth-order valence-corrected chi connectivity index (χ4v) is 4.56. The summed E-state index contributed by atoms with van der Waals surface area (Å²) in [6, 6.07) is 17.8. The number of hydrogen-bond acceptors (Lipinski definition) is 4. The van der Waals surface area contributed by atoms with Crippen molar-refractivity contribution in [1.29, 1.82) is 0 Å².